The molecule has 0 aliphatic heterocycles. The van der Waals surface area contributed by atoms with Crippen LogP contribution in [0.1, 0.15) is 32.6 Å². The Kier molecular flexibility index (Phi) is 6.74. The fourth-order valence-corrected chi connectivity index (χ4v) is 1.20. The second kappa shape index (κ2) is 7.32. The Morgan fingerprint density at radius 1 is 1.50 bits per heavy atom. The van der Waals surface area contributed by atoms with Gasteiger partial charge in [-0.15, -0.1) is 0 Å². The number of aliphatic carboxylic acids is 1. The van der Waals surface area contributed by atoms with Gasteiger partial charge in [0.15, 0.2) is 0 Å². The SMILES string of the molecule is CCCCCC(CN(O)C=O)C(=O)O. The van der Waals surface area contributed by atoms with E-state index in [9.17, 15) is 9.59 Å². The largest absolute Gasteiger partial charge is 0.481 e. The van der Waals surface area contributed by atoms with Gasteiger partial charge in [0.2, 0.25) is 6.41 Å². The first-order chi connectivity index (χ1) is 6.61. The summed E-state index contributed by atoms with van der Waals surface area (Å²) in [6, 6.07) is 0. The lowest BCUT2D eigenvalue weighted by Gasteiger charge is -2.15. The molecule has 0 saturated carbocycles. The van der Waals surface area contributed by atoms with Crippen LogP contribution in [0.4, 0.5) is 0 Å². The van der Waals surface area contributed by atoms with Crippen LogP contribution in [0.3, 0.4) is 0 Å². The highest BCUT2D eigenvalue weighted by Gasteiger charge is 2.19. The van der Waals surface area contributed by atoms with E-state index in [1.54, 1.807) is 0 Å². The molecule has 0 aromatic heterocycles. The molecule has 1 atom stereocenters. The molecule has 0 rings (SSSR count). The maximum Gasteiger partial charge on any atom is 0.308 e. The molecule has 0 saturated heterocycles. The van der Waals surface area contributed by atoms with Crippen LogP contribution in [-0.4, -0.2) is 34.3 Å². The van der Waals surface area contributed by atoms with Gasteiger partial charge in [-0.3, -0.25) is 14.8 Å². The normalized spacial score (nSPS) is 12.1. The van der Waals surface area contributed by atoms with Crippen molar-refractivity contribution in [1.29, 1.82) is 0 Å². The van der Waals surface area contributed by atoms with Gasteiger partial charge in [0, 0.05) is 0 Å². The van der Waals surface area contributed by atoms with E-state index < -0.39 is 11.9 Å². The second-order valence-corrected chi connectivity index (χ2v) is 3.26. The first kappa shape index (κ1) is 12.9. The Morgan fingerprint density at radius 2 is 2.14 bits per heavy atom. The number of amides is 1. The molecule has 1 unspecified atom stereocenters. The number of hydroxylamine groups is 2. The summed E-state index contributed by atoms with van der Waals surface area (Å²) in [6.07, 6.45) is 3.50. The first-order valence-corrected chi connectivity index (χ1v) is 4.75. The molecule has 5 heteroatoms. The van der Waals surface area contributed by atoms with Gasteiger partial charge in [-0.25, -0.2) is 5.06 Å². The van der Waals surface area contributed by atoms with Crippen molar-refractivity contribution < 1.29 is 19.9 Å². The van der Waals surface area contributed by atoms with Crippen molar-refractivity contribution in [3.63, 3.8) is 0 Å². The number of hydrogen-bond acceptors (Lipinski definition) is 3. The van der Waals surface area contributed by atoms with E-state index in [1.165, 1.54) is 0 Å². The first-order valence-electron chi connectivity index (χ1n) is 4.75. The summed E-state index contributed by atoms with van der Waals surface area (Å²) in [5, 5.41) is 18.0. The molecule has 82 valence electrons. The molecular weight excluding hydrogens is 186 g/mol. The van der Waals surface area contributed by atoms with Gasteiger partial charge in [0.05, 0.1) is 12.5 Å². The number of unbranched alkanes of at least 4 members (excludes halogenated alkanes) is 2. The average Bonchev–Trinajstić information content (AvgIpc) is 2.16. The van der Waals surface area contributed by atoms with Crippen LogP contribution < -0.4 is 0 Å². The molecule has 5 nitrogen and oxygen atoms in total. The maximum absolute atomic E-state index is 10.7. The molecule has 0 aliphatic carbocycles. The Bertz CT molecular complexity index is 184. The van der Waals surface area contributed by atoms with Crippen molar-refractivity contribution in [2.75, 3.05) is 6.54 Å². The summed E-state index contributed by atoms with van der Waals surface area (Å²) < 4.78 is 0. The van der Waals surface area contributed by atoms with Crippen molar-refractivity contribution >= 4 is 12.4 Å². The van der Waals surface area contributed by atoms with Crippen LogP contribution in [0.25, 0.3) is 0 Å². The number of carboxylic acid groups (broad SMARTS) is 1. The molecule has 14 heavy (non-hydrogen) atoms. The van der Waals surface area contributed by atoms with Gasteiger partial charge in [-0.2, -0.15) is 0 Å². The Morgan fingerprint density at radius 3 is 2.57 bits per heavy atom. The molecule has 0 aliphatic rings. The summed E-state index contributed by atoms with van der Waals surface area (Å²) in [7, 11) is 0. The van der Waals surface area contributed by atoms with Gasteiger partial charge >= 0.3 is 5.97 Å². The van der Waals surface area contributed by atoms with Gasteiger partial charge < -0.3 is 5.11 Å². The molecule has 0 bridgehead atoms. The Balaban J connectivity index is 3.89. The molecule has 0 fully saturated rings. The molecule has 2 N–H and O–H groups in total. The van der Waals surface area contributed by atoms with Gasteiger partial charge in [0.25, 0.3) is 0 Å². The van der Waals surface area contributed by atoms with Crippen LogP contribution in [0, 0.1) is 5.92 Å². The van der Waals surface area contributed by atoms with Crippen molar-refractivity contribution in [2.45, 2.75) is 32.6 Å². The molecule has 0 radical (unpaired) electrons. The molecule has 1 amide bonds. The smallest absolute Gasteiger partial charge is 0.308 e. The van der Waals surface area contributed by atoms with Crippen molar-refractivity contribution in [3.8, 4) is 0 Å². The van der Waals surface area contributed by atoms with Crippen LogP contribution in [0.5, 0.6) is 0 Å². The Hall–Kier alpha value is -1.10. The Labute approximate surface area is 83.3 Å². The minimum absolute atomic E-state index is 0.136. The molecule has 0 aromatic rings. The molecular formula is C9H17NO4. The predicted octanol–water partition coefficient (Wildman–Crippen LogP) is 1.12. The number of rotatable bonds is 8. The van der Waals surface area contributed by atoms with E-state index in [1.807, 2.05) is 6.92 Å². The average molecular weight is 203 g/mol. The minimum atomic E-state index is -0.970. The lowest BCUT2D eigenvalue weighted by Crippen LogP contribution is -2.29. The summed E-state index contributed by atoms with van der Waals surface area (Å²) >= 11 is 0. The van der Waals surface area contributed by atoms with E-state index >= 15 is 0 Å². The van der Waals surface area contributed by atoms with Crippen LogP contribution in [0.15, 0.2) is 0 Å². The predicted molar refractivity (Wildman–Crippen MR) is 49.8 cm³/mol. The molecule has 0 spiro atoms. The maximum atomic E-state index is 10.7. The standard InChI is InChI=1S/C9H17NO4/c1-2-3-4-5-8(9(12)13)6-10(14)7-11/h7-8,14H,2-6H2,1H3,(H,12,13). The zero-order valence-electron chi connectivity index (χ0n) is 8.35. The van der Waals surface area contributed by atoms with E-state index in [0.717, 1.165) is 19.3 Å². The van der Waals surface area contributed by atoms with Crippen LogP contribution in [0.2, 0.25) is 0 Å². The van der Waals surface area contributed by atoms with Crippen molar-refractivity contribution in [3.05, 3.63) is 0 Å². The quantitative estimate of drug-likeness (QED) is 0.268. The van der Waals surface area contributed by atoms with Crippen LogP contribution in [-0.2, 0) is 9.59 Å². The zero-order chi connectivity index (χ0) is 11.0. The van der Waals surface area contributed by atoms with E-state index in [-0.39, 0.29) is 13.0 Å². The summed E-state index contributed by atoms with van der Waals surface area (Å²) in [6.45, 7) is 1.89. The van der Waals surface area contributed by atoms with Gasteiger partial charge in [-0.05, 0) is 6.42 Å². The number of nitrogens with zero attached hydrogens (tertiary/aromatic N) is 1. The van der Waals surface area contributed by atoms with Gasteiger partial charge in [-0.1, -0.05) is 26.2 Å². The third kappa shape index (κ3) is 5.53. The molecule has 0 aromatic carbocycles. The van der Waals surface area contributed by atoms with Gasteiger partial charge in [0.1, 0.15) is 0 Å². The zero-order valence-corrected chi connectivity index (χ0v) is 8.35. The van der Waals surface area contributed by atoms with E-state index in [2.05, 4.69) is 0 Å². The third-order valence-corrected chi connectivity index (χ3v) is 2.03. The summed E-state index contributed by atoms with van der Waals surface area (Å²) in [4.78, 5) is 20.8. The highest BCUT2D eigenvalue weighted by atomic mass is 16.5. The van der Waals surface area contributed by atoms with Crippen molar-refractivity contribution in [2.24, 2.45) is 5.92 Å². The lowest BCUT2D eigenvalue weighted by molar-refractivity contribution is -0.159. The van der Waals surface area contributed by atoms with Crippen molar-refractivity contribution in [1.82, 2.24) is 5.06 Å². The summed E-state index contributed by atoms with van der Waals surface area (Å²) in [5.74, 6) is -1.64. The number of carboxylic acids is 1. The van der Waals surface area contributed by atoms with E-state index in [0.29, 0.717) is 11.5 Å². The lowest BCUT2D eigenvalue weighted by atomic mass is 10.0. The topological polar surface area (TPSA) is 77.8 Å². The fourth-order valence-electron chi connectivity index (χ4n) is 1.20. The molecule has 0 heterocycles. The monoisotopic (exact) mass is 203 g/mol. The number of carbonyl (C=O) groups excluding carboxylic acids is 1. The minimum Gasteiger partial charge on any atom is -0.481 e. The number of carbonyl (C=O) groups is 2. The van der Waals surface area contributed by atoms with E-state index in [4.69, 9.17) is 10.3 Å². The highest BCUT2D eigenvalue weighted by molar-refractivity contribution is 5.70. The third-order valence-electron chi connectivity index (χ3n) is 2.03. The van der Waals surface area contributed by atoms with Crippen LogP contribution >= 0.6 is 0 Å². The number of hydrogen-bond donors (Lipinski definition) is 2. The second-order valence-electron chi connectivity index (χ2n) is 3.26. The fraction of sp³-hybridized carbons (Fsp3) is 0.778. The summed E-state index contributed by atoms with van der Waals surface area (Å²) in [5.41, 5.74) is 0. The highest BCUT2D eigenvalue weighted by Crippen LogP contribution is 2.10.